The monoisotopic (exact) mass is 164 g/mol. The molecule has 0 fully saturated rings. The van der Waals surface area contributed by atoms with Gasteiger partial charge in [-0.1, -0.05) is 0 Å². The minimum absolute atomic E-state index is 0.486. The van der Waals surface area contributed by atoms with Crippen molar-refractivity contribution in [1.29, 1.82) is 0 Å². The van der Waals surface area contributed by atoms with Gasteiger partial charge in [-0.05, 0) is 19.4 Å². The number of hydrogen-bond donors (Lipinski definition) is 1. The topological polar surface area (TPSA) is 33.4 Å². The van der Waals surface area contributed by atoms with Crippen LogP contribution in [0.2, 0.25) is 0 Å². The molecule has 0 saturated carbocycles. The smallest absolute Gasteiger partial charge is 0.106 e. The first kappa shape index (κ1) is 8.89. The molecular weight excluding hydrogens is 152 g/mol. The Balaban J connectivity index is 2.60. The van der Waals surface area contributed by atoms with E-state index in [2.05, 4.69) is 5.92 Å². The van der Waals surface area contributed by atoms with Crippen molar-refractivity contribution in [3.05, 3.63) is 23.7 Å². The van der Waals surface area contributed by atoms with Crippen molar-refractivity contribution in [2.75, 3.05) is 0 Å². The zero-order valence-electron chi connectivity index (χ0n) is 7.08. The molecule has 0 aliphatic carbocycles. The average Bonchev–Trinajstić information content (AvgIpc) is 2.47. The fourth-order valence-electron chi connectivity index (χ4n) is 1.12. The van der Waals surface area contributed by atoms with Gasteiger partial charge in [0.05, 0.1) is 12.4 Å². The van der Waals surface area contributed by atoms with E-state index >= 15 is 0 Å². The molecule has 0 aliphatic rings. The highest BCUT2D eigenvalue weighted by molar-refractivity contribution is 5.18. The van der Waals surface area contributed by atoms with Crippen molar-refractivity contribution in [2.45, 2.75) is 25.9 Å². The van der Waals surface area contributed by atoms with Crippen LogP contribution in [0.4, 0.5) is 0 Å². The quantitative estimate of drug-likeness (QED) is 0.693. The van der Waals surface area contributed by atoms with Crippen LogP contribution in [0.25, 0.3) is 0 Å². The van der Waals surface area contributed by atoms with E-state index in [1.54, 1.807) is 12.3 Å². The summed E-state index contributed by atoms with van der Waals surface area (Å²) in [6, 6.07) is 1.77. The first-order valence-electron chi connectivity index (χ1n) is 3.91. The van der Waals surface area contributed by atoms with Crippen molar-refractivity contribution in [3.8, 4) is 12.3 Å². The molecule has 2 nitrogen and oxygen atoms in total. The molecule has 12 heavy (non-hydrogen) atoms. The van der Waals surface area contributed by atoms with Crippen LogP contribution < -0.4 is 0 Å². The second-order valence-corrected chi connectivity index (χ2v) is 2.69. The zero-order valence-corrected chi connectivity index (χ0v) is 7.08. The van der Waals surface area contributed by atoms with Crippen molar-refractivity contribution < 1.29 is 9.52 Å². The Kier molecular flexibility index (Phi) is 2.95. The van der Waals surface area contributed by atoms with E-state index < -0.39 is 6.10 Å². The van der Waals surface area contributed by atoms with Gasteiger partial charge in [-0.15, -0.1) is 12.3 Å². The summed E-state index contributed by atoms with van der Waals surface area (Å²) in [5.41, 5.74) is 0.838. The van der Waals surface area contributed by atoms with Gasteiger partial charge in [0, 0.05) is 12.0 Å². The van der Waals surface area contributed by atoms with Gasteiger partial charge in [-0.2, -0.15) is 0 Å². The molecular formula is C10H12O2. The zero-order chi connectivity index (χ0) is 8.97. The van der Waals surface area contributed by atoms with Crippen molar-refractivity contribution in [1.82, 2.24) is 0 Å². The number of terminal acetylenes is 1. The number of hydrogen-bond acceptors (Lipinski definition) is 2. The number of rotatable bonds is 3. The molecule has 1 N–H and O–H groups in total. The molecule has 1 atom stereocenters. The molecule has 1 heterocycles. The Labute approximate surface area is 72.2 Å². The fourth-order valence-corrected chi connectivity index (χ4v) is 1.12. The van der Waals surface area contributed by atoms with Crippen LogP contribution in [0, 0.1) is 19.3 Å². The first-order valence-corrected chi connectivity index (χ1v) is 3.91. The Morgan fingerprint density at radius 3 is 3.00 bits per heavy atom. The van der Waals surface area contributed by atoms with Gasteiger partial charge in [0.1, 0.15) is 5.76 Å². The number of aryl methyl sites for hydroxylation is 1. The number of aliphatic hydroxyl groups is 1. The van der Waals surface area contributed by atoms with Crippen LogP contribution in [-0.4, -0.2) is 5.11 Å². The van der Waals surface area contributed by atoms with E-state index in [1.807, 2.05) is 6.92 Å². The second kappa shape index (κ2) is 3.99. The third-order valence-corrected chi connectivity index (χ3v) is 1.82. The minimum Gasteiger partial charge on any atom is -0.469 e. The largest absolute Gasteiger partial charge is 0.469 e. The second-order valence-electron chi connectivity index (χ2n) is 2.69. The van der Waals surface area contributed by atoms with Crippen LogP contribution in [-0.2, 0) is 0 Å². The van der Waals surface area contributed by atoms with E-state index in [0.717, 1.165) is 11.3 Å². The molecule has 0 bridgehead atoms. The third-order valence-electron chi connectivity index (χ3n) is 1.82. The first-order chi connectivity index (χ1) is 5.75. The van der Waals surface area contributed by atoms with Crippen LogP contribution >= 0.6 is 0 Å². The molecule has 0 radical (unpaired) electrons. The van der Waals surface area contributed by atoms with Crippen molar-refractivity contribution in [3.63, 3.8) is 0 Å². The summed E-state index contributed by atoms with van der Waals surface area (Å²) in [6.07, 6.45) is 7.35. The Morgan fingerprint density at radius 2 is 2.50 bits per heavy atom. The van der Waals surface area contributed by atoms with Crippen LogP contribution in [0.5, 0.6) is 0 Å². The molecule has 0 aliphatic heterocycles. The molecule has 2 heteroatoms. The highest BCUT2D eigenvalue weighted by Crippen LogP contribution is 2.21. The summed E-state index contributed by atoms with van der Waals surface area (Å²) in [6.45, 7) is 1.83. The molecule has 1 unspecified atom stereocenters. The average molecular weight is 164 g/mol. The van der Waals surface area contributed by atoms with Gasteiger partial charge in [-0.3, -0.25) is 0 Å². The van der Waals surface area contributed by atoms with Crippen molar-refractivity contribution >= 4 is 0 Å². The van der Waals surface area contributed by atoms with Crippen LogP contribution in [0.3, 0.4) is 0 Å². The number of furan rings is 1. The van der Waals surface area contributed by atoms with Gasteiger partial charge in [0.15, 0.2) is 0 Å². The van der Waals surface area contributed by atoms with Crippen molar-refractivity contribution in [2.24, 2.45) is 0 Å². The Morgan fingerprint density at radius 1 is 1.75 bits per heavy atom. The molecule has 1 aromatic heterocycles. The summed E-state index contributed by atoms with van der Waals surface area (Å²) in [4.78, 5) is 0. The lowest BCUT2D eigenvalue weighted by atomic mass is 10.1. The van der Waals surface area contributed by atoms with Gasteiger partial charge in [0.25, 0.3) is 0 Å². The van der Waals surface area contributed by atoms with E-state index in [1.165, 1.54) is 0 Å². The van der Waals surface area contributed by atoms with E-state index in [-0.39, 0.29) is 0 Å². The predicted molar refractivity (Wildman–Crippen MR) is 46.5 cm³/mol. The summed E-state index contributed by atoms with van der Waals surface area (Å²) in [5.74, 6) is 3.25. The minimum atomic E-state index is -0.486. The molecule has 1 rings (SSSR count). The highest BCUT2D eigenvalue weighted by atomic mass is 16.3. The molecule has 0 spiro atoms. The Hall–Kier alpha value is -1.20. The maximum absolute atomic E-state index is 9.57. The lowest BCUT2D eigenvalue weighted by Crippen LogP contribution is -1.96. The fraction of sp³-hybridized carbons (Fsp3) is 0.400. The number of aliphatic hydroxyl groups excluding tert-OH is 1. The molecule has 0 aromatic carbocycles. The van der Waals surface area contributed by atoms with E-state index in [4.69, 9.17) is 10.8 Å². The van der Waals surface area contributed by atoms with Gasteiger partial charge in [0.2, 0.25) is 0 Å². The van der Waals surface area contributed by atoms with E-state index in [9.17, 15) is 5.11 Å². The molecule has 0 saturated heterocycles. The Bertz CT molecular complexity index is 280. The summed E-state index contributed by atoms with van der Waals surface area (Å²) >= 11 is 0. The van der Waals surface area contributed by atoms with E-state index in [0.29, 0.717) is 12.8 Å². The third kappa shape index (κ3) is 1.90. The lowest BCUT2D eigenvalue weighted by Gasteiger charge is -2.06. The maximum atomic E-state index is 9.57. The molecule has 64 valence electrons. The normalized spacial score (nSPS) is 12.4. The summed E-state index contributed by atoms with van der Waals surface area (Å²) in [5, 5.41) is 9.57. The lowest BCUT2D eigenvalue weighted by molar-refractivity contribution is 0.167. The van der Waals surface area contributed by atoms with Crippen LogP contribution in [0.15, 0.2) is 16.7 Å². The SMILES string of the molecule is C#CCCC(O)c1ccoc1C. The maximum Gasteiger partial charge on any atom is 0.106 e. The molecule has 0 amide bonds. The summed E-state index contributed by atoms with van der Waals surface area (Å²) in [7, 11) is 0. The van der Waals surface area contributed by atoms with Gasteiger partial charge >= 0.3 is 0 Å². The highest BCUT2D eigenvalue weighted by Gasteiger charge is 2.10. The van der Waals surface area contributed by atoms with Gasteiger partial charge in [-0.25, -0.2) is 0 Å². The predicted octanol–water partition coefficient (Wildman–Crippen LogP) is 2.03. The molecule has 1 aromatic rings. The summed E-state index contributed by atoms with van der Waals surface area (Å²) < 4.78 is 5.05. The van der Waals surface area contributed by atoms with Crippen LogP contribution in [0.1, 0.15) is 30.3 Å². The standard InChI is InChI=1S/C10H12O2/c1-3-4-5-10(11)9-6-7-12-8(9)2/h1,6-7,10-11H,4-5H2,2H3. The van der Waals surface area contributed by atoms with Gasteiger partial charge < -0.3 is 9.52 Å².